The van der Waals surface area contributed by atoms with Gasteiger partial charge in [-0.05, 0) is 34.9 Å². The van der Waals surface area contributed by atoms with Gasteiger partial charge in [0.15, 0.2) is 5.78 Å². The van der Waals surface area contributed by atoms with Crippen LogP contribution in [0.2, 0.25) is 0 Å². The molecule has 1 aliphatic heterocycles. The number of carbonyl (C=O) groups excluding carboxylic acids is 2. The number of ketones is 1. The molecule has 0 bridgehead atoms. The molecule has 5 nitrogen and oxygen atoms in total. The van der Waals surface area contributed by atoms with E-state index >= 15 is 0 Å². The highest BCUT2D eigenvalue weighted by Crippen LogP contribution is 2.45. The van der Waals surface area contributed by atoms with E-state index in [1.165, 1.54) is 5.56 Å². The third-order valence-electron chi connectivity index (χ3n) is 6.60. The molecule has 0 saturated carbocycles. The van der Waals surface area contributed by atoms with Gasteiger partial charge in [0.2, 0.25) is 5.91 Å². The number of rotatable bonds is 4. The standard InChI is InChI=1S/C27H31NO4/c1-27(2,3)18-8-6-16(7-9-18)17-12-22-26(23(29)13-17)21(15-25(30)28-22)20-11-10-19(31-4)14-24(20)32-5/h6-11,14,17,21H,12-13,15H2,1-5H3,(H,28,30). The smallest absolute Gasteiger partial charge is 0.225 e. The fourth-order valence-corrected chi connectivity index (χ4v) is 4.82. The fraction of sp³-hybridized carbons (Fsp3) is 0.407. The summed E-state index contributed by atoms with van der Waals surface area (Å²) in [5.74, 6) is 1.09. The first kappa shape index (κ1) is 22.1. The Morgan fingerprint density at radius 1 is 0.906 bits per heavy atom. The largest absolute Gasteiger partial charge is 0.497 e. The molecule has 1 amide bonds. The minimum absolute atomic E-state index is 0.0621. The topological polar surface area (TPSA) is 64.6 Å². The van der Waals surface area contributed by atoms with Gasteiger partial charge < -0.3 is 14.8 Å². The van der Waals surface area contributed by atoms with E-state index in [-0.39, 0.29) is 35.4 Å². The van der Waals surface area contributed by atoms with Crippen LogP contribution in [-0.2, 0) is 15.0 Å². The van der Waals surface area contributed by atoms with E-state index in [0.29, 0.717) is 24.3 Å². The molecule has 32 heavy (non-hydrogen) atoms. The molecule has 168 valence electrons. The molecule has 2 unspecified atom stereocenters. The molecule has 2 aromatic carbocycles. The maximum Gasteiger partial charge on any atom is 0.225 e. The maximum atomic E-state index is 13.4. The zero-order chi connectivity index (χ0) is 23.0. The molecule has 1 heterocycles. The lowest BCUT2D eigenvalue weighted by Gasteiger charge is -2.35. The van der Waals surface area contributed by atoms with Gasteiger partial charge in [0.25, 0.3) is 0 Å². The van der Waals surface area contributed by atoms with Crippen LogP contribution in [0.5, 0.6) is 11.5 Å². The van der Waals surface area contributed by atoms with E-state index in [2.05, 4.69) is 50.4 Å². The van der Waals surface area contributed by atoms with Crippen molar-refractivity contribution < 1.29 is 19.1 Å². The van der Waals surface area contributed by atoms with Gasteiger partial charge in [-0.1, -0.05) is 51.1 Å². The van der Waals surface area contributed by atoms with Crippen molar-refractivity contribution in [1.29, 1.82) is 0 Å². The Morgan fingerprint density at radius 2 is 1.62 bits per heavy atom. The summed E-state index contributed by atoms with van der Waals surface area (Å²) in [6.45, 7) is 6.57. The van der Waals surface area contributed by atoms with E-state index in [1.54, 1.807) is 20.3 Å². The molecule has 4 rings (SSSR count). The highest BCUT2D eigenvalue weighted by molar-refractivity contribution is 6.02. The Hall–Kier alpha value is -3.08. The van der Waals surface area contributed by atoms with Crippen LogP contribution in [0, 0.1) is 0 Å². The molecule has 1 aliphatic carbocycles. The van der Waals surface area contributed by atoms with Crippen LogP contribution >= 0.6 is 0 Å². The van der Waals surface area contributed by atoms with Crippen molar-refractivity contribution in [3.63, 3.8) is 0 Å². The van der Waals surface area contributed by atoms with E-state index in [9.17, 15) is 9.59 Å². The van der Waals surface area contributed by atoms with Crippen molar-refractivity contribution in [1.82, 2.24) is 5.32 Å². The first-order valence-electron chi connectivity index (χ1n) is 11.1. The normalized spacial score (nSPS) is 21.2. The minimum atomic E-state index is -0.309. The van der Waals surface area contributed by atoms with E-state index in [0.717, 1.165) is 22.4 Å². The molecule has 0 aromatic heterocycles. The summed E-state index contributed by atoms with van der Waals surface area (Å²) in [4.78, 5) is 26.0. The van der Waals surface area contributed by atoms with Crippen molar-refractivity contribution in [3.05, 3.63) is 70.4 Å². The van der Waals surface area contributed by atoms with Crippen molar-refractivity contribution in [2.45, 2.75) is 57.3 Å². The summed E-state index contributed by atoms with van der Waals surface area (Å²) in [5.41, 5.74) is 4.80. The first-order valence-corrected chi connectivity index (χ1v) is 11.1. The number of ether oxygens (including phenoxy) is 2. The molecule has 2 aromatic rings. The van der Waals surface area contributed by atoms with Crippen molar-refractivity contribution in [2.24, 2.45) is 0 Å². The van der Waals surface area contributed by atoms with Crippen LogP contribution in [0.4, 0.5) is 0 Å². The summed E-state index contributed by atoms with van der Waals surface area (Å²) in [5, 5.41) is 3.00. The number of hydrogen-bond donors (Lipinski definition) is 1. The predicted octanol–water partition coefficient (Wildman–Crippen LogP) is 5.01. The van der Waals surface area contributed by atoms with Crippen LogP contribution in [0.25, 0.3) is 0 Å². The Bertz CT molecular complexity index is 1080. The van der Waals surface area contributed by atoms with Crippen LogP contribution < -0.4 is 14.8 Å². The maximum absolute atomic E-state index is 13.4. The molecule has 0 spiro atoms. The van der Waals surface area contributed by atoms with Crippen LogP contribution in [-0.4, -0.2) is 25.9 Å². The lowest BCUT2D eigenvalue weighted by atomic mass is 9.73. The number of nitrogens with one attached hydrogen (secondary N) is 1. The number of amides is 1. The second-order valence-corrected chi connectivity index (χ2v) is 9.71. The van der Waals surface area contributed by atoms with Crippen molar-refractivity contribution in [2.75, 3.05) is 14.2 Å². The third-order valence-corrected chi connectivity index (χ3v) is 6.60. The second-order valence-electron chi connectivity index (χ2n) is 9.71. The number of carbonyl (C=O) groups is 2. The summed E-state index contributed by atoms with van der Waals surface area (Å²) in [6, 6.07) is 14.1. The van der Waals surface area contributed by atoms with E-state index < -0.39 is 0 Å². The third kappa shape index (κ3) is 4.16. The van der Waals surface area contributed by atoms with Gasteiger partial charge in [0.05, 0.1) is 14.2 Å². The van der Waals surface area contributed by atoms with Gasteiger partial charge in [-0.15, -0.1) is 0 Å². The number of benzene rings is 2. The molecule has 1 N–H and O–H groups in total. The van der Waals surface area contributed by atoms with Crippen molar-refractivity contribution in [3.8, 4) is 11.5 Å². The van der Waals surface area contributed by atoms with Gasteiger partial charge >= 0.3 is 0 Å². The van der Waals surface area contributed by atoms with Crippen LogP contribution in [0.3, 0.4) is 0 Å². The van der Waals surface area contributed by atoms with Gasteiger partial charge in [-0.2, -0.15) is 0 Å². The average molecular weight is 434 g/mol. The Balaban J connectivity index is 1.68. The lowest BCUT2D eigenvalue weighted by Crippen LogP contribution is -2.38. The number of methoxy groups -OCH3 is 2. The van der Waals surface area contributed by atoms with Crippen molar-refractivity contribution >= 4 is 11.7 Å². The quantitative estimate of drug-likeness (QED) is 0.737. The molecule has 2 atom stereocenters. The van der Waals surface area contributed by atoms with E-state index in [1.807, 2.05) is 12.1 Å². The molecule has 2 aliphatic rings. The van der Waals surface area contributed by atoms with Crippen LogP contribution in [0.15, 0.2) is 53.7 Å². The highest BCUT2D eigenvalue weighted by Gasteiger charge is 2.39. The SMILES string of the molecule is COc1ccc(C2CC(=O)NC3=C2C(=O)CC(c2ccc(C(C)(C)C)cc2)C3)c(OC)c1. The summed E-state index contributed by atoms with van der Waals surface area (Å²) < 4.78 is 10.9. The molecular formula is C27H31NO4. The molecule has 0 radical (unpaired) electrons. The Labute approximate surface area is 189 Å². The number of allylic oxidation sites excluding steroid dienone is 2. The zero-order valence-corrected chi connectivity index (χ0v) is 19.5. The first-order chi connectivity index (χ1) is 15.2. The minimum Gasteiger partial charge on any atom is -0.497 e. The Kier molecular flexibility index (Phi) is 5.85. The average Bonchev–Trinajstić information content (AvgIpc) is 2.77. The van der Waals surface area contributed by atoms with Gasteiger partial charge in [0, 0.05) is 41.7 Å². The fourth-order valence-electron chi connectivity index (χ4n) is 4.82. The Morgan fingerprint density at radius 3 is 2.25 bits per heavy atom. The summed E-state index contributed by atoms with van der Waals surface area (Å²) in [6.07, 6.45) is 1.33. The molecule has 0 fully saturated rings. The highest BCUT2D eigenvalue weighted by atomic mass is 16.5. The van der Waals surface area contributed by atoms with E-state index in [4.69, 9.17) is 9.47 Å². The van der Waals surface area contributed by atoms with Crippen LogP contribution in [0.1, 0.15) is 68.6 Å². The molecular weight excluding hydrogens is 402 g/mol. The lowest BCUT2D eigenvalue weighted by molar-refractivity contribution is -0.122. The summed E-state index contributed by atoms with van der Waals surface area (Å²) in [7, 11) is 3.19. The monoisotopic (exact) mass is 433 g/mol. The molecule has 5 heteroatoms. The summed E-state index contributed by atoms with van der Waals surface area (Å²) >= 11 is 0. The second kappa shape index (κ2) is 8.45. The van der Waals surface area contributed by atoms with Gasteiger partial charge in [-0.25, -0.2) is 0 Å². The number of Topliss-reactive ketones (excluding diaryl/α,β-unsaturated/α-hetero) is 1. The van der Waals surface area contributed by atoms with Gasteiger partial charge in [0.1, 0.15) is 11.5 Å². The number of hydrogen-bond acceptors (Lipinski definition) is 4. The predicted molar refractivity (Wildman–Crippen MR) is 124 cm³/mol. The zero-order valence-electron chi connectivity index (χ0n) is 19.5. The van der Waals surface area contributed by atoms with Gasteiger partial charge in [-0.3, -0.25) is 9.59 Å². The molecule has 0 saturated heterocycles.